The lowest BCUT2D eigenvalue weighted by Crippen LogP contribution is -2.46. The smallest absolute Gasteiger partial charge is 0.286 e. The van der Waals surface area contributed by atoms with Crippen LogP contribution in [-0.2, 0) is 14.3 Å². The highest BCUT2D eigenvalue weighted by molar-refractivity contribution is 6.37. The van der Waals surface area contributed by atoms with Gasteiger partial charge in [0, 0.05) is 11.5 Å². The number of hydrazone groups is 1. The predicted octanol–water partition coefficient (Wildman–Crippen LogP) is 0.555. The minimum absolute atomic E-state index is 0.00379. The average molecular weight is 348 g/mol. The zero-order chi connectivity index (χ0) is 17.9. The van der Waals surface area contributed by atoms with Crippen molar-refractivity contribution in [2.45, 2.75) is 38.3 Å². The number of fused-ring (bicyclic) bond motifs is 3. The number of hydrogen-bond donors (Lipinski definition) is 3. The van der Waals surface area contributed by atoms with E-state index in [2.05, 4.69) is 5.10 Å². The Labute approximate surface area is 144 Å². The van der Waals surface area contributed by atoms with Crippen molar-refractivity contribution < 1.29 is 24.6 Å². The van der Waals surface area contributed by atoms with Crippen LogP contribution < -0.4 is 5.73 Å². The van der Waals surface area contributed by atoms with E-state index < -0.39 is 11.7 Å². The standard InChI is InChI=1S/C16H20N4O5/c1-16(2)24-10-6-8-4-3-5-9(21)12(8)15-19(7-11(10)25-16)14(13(17)22)18-20(15)23/h3-5,8,10-11,21,23H,6-7H2,1-2H3,(H2,17,22)/b15-12-. The quantitative estimate of drug-likeness (QED) is 0.633. The number of ether oxygens (including phenoxy) is 2. The topological polar surface area (TPSA) is 121 Å². The minimum atomic E-state index is -0.781. The maximum Gasteiger partial charge on any atom is 0.286 e. The van der Waals surface area contributed by atoms with Crippen LogP contribution in [0.4, 0.5) is 0 Å². The van der Waals surface area contributed by atoms with Crippen LogP contribution in [0.1, 0.15) is 20.3 Å². The summed E-state index contributed by atoms with van der Waals surface area (Å²) < 4.78 is 12.0. The van der Waals surface area contributed by atoms with E-state index in [1.165, 1.54) is 11.0 Å². The van der Waals surface area contributed by atoms with E-state index in [4.69, 9.17) is 15.2 Å². The number of allylic oxidation sites excluding steroid dienone is 4. The van der Waals surface area contributed by atoms with Crippen molar-refractivity contribution in [2.24, 2.45) is 16.8 Å². The Morgan fingerprint density at radius 1 is 1.40 bits per heavy atom. The number of nitrogens with two attached hydrogens (primary N) is 1. The summed E-state index contributed by atoms with van der Waals surface area (Å²) in [4.78, 5) is 13.3. The second-order valence-corrected chi connectivity index (χ2v) is 6.92. The Morgan fingerprint density at radius 2 is 2.12 bits per heavy atom. The number of aliphatic hydroxyl groups is 1. The first kappa shape index (κ1) is 16.1. The molecule has 0 aromatic carbocycles. The number of aliphatic hydroxyl groups excluding tert-OH is 1. The molecule has 0 radical (unpaired) electrons. The number of hydrogen-bond acceptors (Lipinski definition) is 8. The largest absolute Gasteiger partial charge is 0.508 e. The molecule has 3 unspecified atom stereocenters. The van der Waals surface area contributed by atoms with Crippen LogP contribution in [0.15, 0.2) is 40.5 Å². The zero-order valence-corrected chi connectivity index (χ0v) is 13.9. The number of amides is 1. The molecular weight excluding hydrogens is 328 g/mol. The highest BCUT2D eigenvalue weighted by atomic mass is 16.8. The van der Waals surface area contributed by atoms with Crippen molar-refractivity contribution in [3.8, 4) is 0 Å². The van der Waals surface area contributed by atoms with Crippen molar-refractivity contribution >= 4 is 11.7 Å². The van der Waals surface area contributed by atoms with Gasteiger partial charge in [-0.2, -0.15) is 0 Å². The normalized spacial score (nSPS) is 36.0. The fraction of sp³-hybridized carbons (Fsp3) is 0.500. The van der Waals surface area contributed by atoms with Gasteiger partial charge < -0.3 is 20.3 Å². The van der Waals surface area contributed by atoms with Crippen LogP contribution in [0, 0.1) is 5.92 Å². The lowest BCUT2D eigenvalue weighted by Gasteiger charge is -2.34. The van der Waals surface area contributed by atoms with Crippen LogP contribution in [0.3, 0.4) is 0 Å². The monoisotopic (exact) mass is 348 g/mol. The molecule has 1 fully saturated rings. The predicted molar refractivity (Wildman–Crippen MR) is 85.8 cm³/mol. The first-order valence-corrected chi connectivity index (χ1v) is 8.09. The first-order valence-electron chi connectivity index (χ1n) is 8.09. The highest BCUT2D eigenvalue weighted by Gasteiger charge is 2.48. The summed E-state index contributed by atoms with van der Waals surface area (Å²) in [5.41, 5.74) is 5.88. The third kappa shape index (κ3) is 2.51. The second kappa shape index (κ2) is 5.32. The Balaban J connectivity index is 1.84. The Kier molecular flexibility index (Phi) is 3.43. The second-order valence-electron chi connectivity index (χ2n) is 6.92. The van der Waals surface area contributed by atoms with Gasteiger partial charge in [-0.25, -0.2) is 0 Å². The molecular formula is C16H20N4O5. The van der Waals surface area contributed by atoms with Crippen LogP contribution >= 0.6 is 0 Å². The van der Waals surface area contributed by atoms with E-state index >= 15 is 0 Å². The van der Waals surface area contributed by atoms with E-state index in [0.29, 0.717) is 17.2 Å². The van der Waals surface area contributed by atoms with E-state index in [0.717, 1.165) is 0 Å². The van der Waals surface area contributed by atoms with Crippen LogP contribution in [0.25, 0.3) is 0 Å². The molecule has 3 atom stereocenters. The summed E-state index contributed by atoms with van der Waals surface area (Å²) in [5, 5.41) is 25.1. The van der Waals surface area contributed by atoms with Gasteiger partial charge in [-0.1, -0.05) is 12.2 Å². The van der Waals surface area contributed by atoms with Crippen molar-refractivity contribution in [2.75, 3.05) is 6.54 Å². The zero-order valence-electron chi connectivity index (χ0n) is 13.9. The fourth-order valence-corrected chi connectivity index (χ4v) is 3.83. The Bertz CT molecular complexity index is 754. The van der Waals surface area contributed by atoms with E-state index in [-0.39, 0.29) is 42.1 Å². The summed E-state index contributed by atoms with van der Waals surface area (Å²) in [7, 11) is 0. The molecule has 0 spiro atoms. The molecule has 4 N–H and O–H groups in total. The SMILES string of the molecule is CC1(C)OC2CC3C=CC=C(O)/C3=C3\N(O)N=C(C(N)=O)N3CC2O1. The molecule has 0 aromatic heterocycles. The van der Waals surface area contributed by atoms with Crippen molar-refractivity contribution in [1.82, 2.24) is 10.1 Å². The molecule has 3 aliphatic heterocycles. The van der Waals surface area contributed by atoms with Gasteiger partial charge in [0.25, 0.3) is 5.91 Å². The van der Waals surface area contributed by atoms with E-state index in [1.807, 2.05) is 19.9 Å². The van der Waals surface area contributed by atoms with Gasteiger partial charge in [0.2, 0.25) is 5.84 Å². The molecule has 9 heteroatoms. The molecule has 1 saturated heterocycles. The van der Waals surface area contributed by atoms with Gasteiger partial charge >= 0.3 is 0 Å². The lowest BCUT2D eigenvalue weighted by atomic mass is 9.85. The maximum absolute atomic E-state index is 11.8. The lowest BCUT2D eigenvalue weighted by molar-refractivity contribution is -0.147. The van der Waals surface area contributed by atoms with Gasteiger partial charge in [0.1, 0.15) is 11.9 Å². The maximum atomic E-state index is 11.8. The molecule has 0 bridgehead atoms. The van der Waals surface area contributed by atoms with Gasteiger partial charge in [-0.3, -0.25) is 14.9 Å². The molecule has 1 amide bonds. The molecule has 9 nitrogen and oxygen atoms in total. The number of amidine groups is 1. The number of primary amides is 1. The van der Waals surface area contributed by atoms with E-state index in [9.17, 15) is 15.1 Å². The molecule has 3 heterocycles. The molecule has 0 aromatic rings. The van der Waals surface area contributed by atoms with Crippen molar-refractivity contribution in [1.29, 1.82) is 0 Å². The molecule has 25 heavy (non-hydrogen) atoms. The number of rotatable bonds is 1. The van der Waals surface area contributed by atoms with Crippen molar-refractivity contribution in [3.05, 3.63) is 35.4 Å². The summed E-state index contributed by atoms with van der Waals surface area (Å²) in [5.74, 6) is -1.67. The first-order chi connectivity index (χ1) is 11.8. The highest BCUT2D eigenvalue weighted by Crippen LogP contribution is 2.42. The van der Waals surface area contributed by atoms with Crippen LogP contribution in [0.2, 0.25) is 0 Å². The number of carbonyl (C=O) groups excluding carboxylic acids is 1. The fourth-order valence-electron chi connectivity index (χ4n) is 3.83. The third-order valence-corrected chi connectivity index (χ3v) is 4.73. The molecule has 0 saturated carbocycles. The number of nitrogens with zero attached hydrogens (tertiary/aromatic N) is 3. The average Bonchev–Trinajstić information content (AvgIpc) is 2.95. The Morgan fingerprint density at radius 3 is 2.84 bits per heavy atom. The summed E-state index contributed by atoms with van der Waals surface area (Å²) in [6.45, 7) is 3.87. The van der Waals surface area contributed by atoms with Crippen LogP contribution in [-0.4, -0.2) is 56.7 Å². The molecule has 134 valence electrons. The van der Waals surface area contributed by atoms with Crippen molar-refractivity contribution in [3.63, 3.8) is 0 Å². The van der Waals surface area contributed by atoms with Gasteiger partial charge in [0.05, 0.1) is 12.6 Å². The van der Waals surface area contributed by atoms with Crippen LogP contribution in [0.5, 0.6) is 0 Å². The number of hydroxylamine groups is 1. The summed E-state index contributed by atoms with van der Waals surface area (Å²) in [6, 6.07) is 0. The van der Waals surface area contributed by atoms with E-state index in [1.54, 1.807) is 6.08 Å². The van der Waals surface area contributed by atoms with Gasteiger partial charge in [-0.05, 0) is 26.3 Å². The molecule has 4 aliphatic rings. The molecule has 1 aliphatic carbocycles. The summed E-state index contributed by atoms with van der Waals surface area (Å²) >= 11 is 0. The van der Waals surface area contributed by atoms with Gasteiger partial charge in [0.15, 0.2) is 11.6 Å². The Hall–Kier alpha value is -2.36. The van der Waals surface area contributed by atoms with Gasteiger partial charge in [-0.15, -0.1) is 10.3 Å². The minimum Gasteiger partial charge on any atom is -0.508 e. The third-order valence-electron chi connectivity index (χ3n) is 4.73. The number of carbonyl (C=O) groups is 1. The summed E-state index contributed by atoms with van der Waals surface area (Å²) in [6.07, 6.45) is 5.17. The molecule has 4 rings (SSSR count).